The van der Waals surface area contributed by atoms with Crippen LogP contribution < -0.4 is 0 Å². The summed E-state index contributed by atoms with van der Waals surface area (Å²) in [4.78, 5) is 24.1. The zero-order chi connectivity index (χ0) is 21.4. The van der Waals surface area contributed by atoms with E-state index in [-0.39, 0.29) is 12.2 Å². The van der Waals surface area contributed by atoms with Crippen molar-refractivity contribution in [2.75, 3.05) is 20.1 Å². The predicted octanol–water partition coefficient (Wildman–Crippen LogP) is 2.92. The number of nitrogens with zero attached hydrogens (tertiary/aromatic N) is 7. The lowest BCUT2D eigenvalue weighted by Crippen LogP contribution is -2.31. The molecular weight excluding hydrogens is 390 g/mol. The van der Waals surface area contributed by atoms with Gasteiger partial charge in [0.15, 0.2) is 5.78 Å². The minimum absolute atomic E-state index is 0.0300. The fourth-order valence-corrected chi connectivity index (χ4v) is 4.11. The van der Waals surface area contributed by atoms with Gasteiger partial charge in [0.25, 0.3) is 0 Å². The first kappa shape index (κ1) is 19.6. The Labute approximate surface area is 180 Å². The van der Waals surface area contributed by atoms with Crippen molar-refractivity contribution in [2.45, 2.75) is 25.3 Å². The summed E-state index contributed by atoms with van der Waals surface area (Å²) in [7, 11) is 4.03. The number of pyridine rings is 2. The molecular formula is C23H25N7O. The second-order valence-corrected chi connectivity index (χ2v) is 8.34. The molecule has 4 aromatic rings. The molecule has 8 heteroatoms. The Kier molecular flexibility index (Phi) is 5.07. The Bertz CT molecular complexity index is 1230. The summed E-state index contributed by atoms with van der Waals surface area (Å²) in [6, 6.07) is 4.38. The highest BCUT2D eigenvalue weighted by molar-refractivity contribution is 5.97. The molecule has 4 aromatic heterocycles. The number of aromatic nitrogens is 6. The summed E-state index contributed by atoms with van der Waals surface area (Å²) < 4.78 is 3.72. The standard InChI is InChI=1S/C23H25N7O/c1-28-5-3-21(4-6-28)30-15-19(12-27-30)23(31)9-20-8-16-7-17(10-25-22(16)13-24-20)18-11-26-29(2)14-18/h7-8,10-15,21H,3-6,9H2,1-2H3. The Morgan fingerprint density at radius 2 is 1.81 bits per heavy atom. The zero-order valence-electron chi connectivity index (χ0n) is 17.8. The summed E-state index contributed by atoms with van der Waals surface area (Å²) in [5.41, 5.74) is 4.17. The number of carbonyl (C=O) groups is 1. The summed E-state index contributed by atoms with van der Waals surface area (Å²) in [5, 5.41) is 9.65. The van der Waals surface area contributed by atoms with E-state index in [4.69, 9.17) is 0 Å². The van der Waals surface area contributed by atoms with Gasteiger partial charge in [-0.25, -0.2) is 0 Å². The molecule has 5 heterocycles. The summed E-state index contributed by atoms with van der Waals surface area (Å²) in [6.45, 7) is 2.12. The predicted molar refractivity (Wildman–Crippen MR) is 118 cm³/mol. The van der Waals surface area contributed by atoms with Gasteiger partial charge in [-0.05, 0) is 45.1 Å². The van der Waals surface area contributed by atoms with E-state index in [2.05, 4.69) is 38.2 Å². The molecule has 0 atom stereocenters. The Morgan fingerprint density at radius 1 is 0.968 bits per heavy atom. The van der Waals surface area contributed by atoms with Crippen molar-refractivity contribution >= 4 is 16.7 Å². The number of aryl methyl sites for hydroxylation is 1. The molecule has 0 amide bonds. The van der Waals surface area contributed by atoms with Crippen molar-refractivity contribution in [3.05, 3.63) is 60.6 Å². The maximum Gasteiger partial charge on any atom is 0.171 e. The van der Waals surface area contributed by atoms with Gasteiger partial charge in [0.05, 0.1) is 42.1 Å². The Balaban J connectivity index is 1.33. The number of fused-ring (bicyclic) bond motifs is 1. The van der Waals surface area contributed by atoms with E-state index in [1.807, 2.05) is 42.6 Å². The maximum absolute atomic E-state index is 12.9. The molecule has 1 saturated heterocycles. The van der Waals surface area contributed by atoms with Crippen molar-refractivity contribution in [3.63, 3.8) is 0 Å². The van der Waals surface area contributed by atoms with E-state index < -0.39 is 0 Å². The van der Waals surface area contributed by atoms with Gasteiger partial charge in [0.1, 0.15) is 0 Å². The summed E-state index contributed by atoms with van der Waals surface area (Å²) >= 11 is 0. The fraction of sp³-hybridized carbons (Fsp3) is 0.348. The molecule has 5 rings (SSSR count). The molecule has 0 saturated carbocycles. The number of hydrogen-bond acceptors (Lipinski definition) is 6. The number of hydrogen-bond donors (Lipinski definition) is 0. The van der Waals surface area contributed by atoms with Gasteiger partial charge >= 0.3 is 0 Å². The molecule has 0 unspecified atom stereocenters. The summed E-state index contributed by atoms with van der Waals surface area (Å²) in [6.07, 6.45) is 13.3. The lowest BCUT2D eigenvalue weighted by atomic mass is 10.1. The third-order valence-electron chi connectivity index (χ3n) is 5.99. The van der Waals surface area contributed by atoms with Crippen LogP contribution in [0.5, 0.6) is 0 Å². The van der Waals surface area contributed by atoms with Crippen molar-refractivity contribution in [2.24, 2.45) is 7.05 Å². The van der Waals surface area contributed by atoms with E-state index in [9.17, 15) is 4.79 Å². The van der Waals surface area contributed by atoms with Gasteiger partial charge in [-0.15, -0.1) is 0 Å². The minimum Gasteiger partial charge on any atom is -0.306 e. The van der Waals surface area contributed by atoms with Crippen molar-refractivity contribution < 1.29 is 4.79 Å². The van der Waals surface area contributed by atoms with Crippen LogP contribution in [0.2, 0.25) is 0 Å². The molecule has 31 heavy (non-hydrogen) atoms. The topological polar surface area (TPSA) is 81.7 Å². The summed E-state index contributed by atoms with van der Waals surface area (Å²) in [5.74, 6) is 0.0300. The zero-order valence-corrected chi connectivity index (χ0v) is 17.8. The molecule has 0 aliphatic carbocycles. The highest BCUT2D eigenvalue weighted by Gasteiger charge is 2.20. The van der Waals surface area contributed by atoms with E-state index in [1.54, 1.807) is 17.1 Å². The Hall–Kier alpha value is -3.39. The number of piperidine rings is 1. The average Bonchev–Trinajstić information content (AvgIpc) is 3.43. The van der Waals surface area contributed by atoms with Gasteiger partial charge in [-0.1, -0.05) is 0 Å². The van der Waals surface area contributed by atoms with Gasteiger partial charge in [-0.2, -0.15) is 10.2 Å². The van der Waals surface area contributed by atoms with Crippen molar-refractivity contribution in [1.82, 2.24) is 34.4 Å². The normalized spacial score (nSPS) is 15.5. The second-order valence-electron chi connectivity index (χ2n) is 8.34. The van der Waals surface area contributed by atoms with Crippen LogP contribution in [0.1, 0.15) is 34.9 Å². The molecule has 1 fully saturated rings. The maximum atomic E-state index is 12.9. The van der Waals surface area contributed by atoms with Gasteiger partial charge < -0.3 is 4.90 Å². The van der Waals surface area contributed by atoms with Gasteiger partial charge in [0, 0.05) is 47.8 Å². The molecule has 158 valence electrons. The first-order valence-corrected chi connectivity index (χ1v) is 10.5. The molecule has 0 bridgehead atoms. The molecule has 1 aliphatic rings. The number of ketones is 1. The van der Waals surface area contributed by atoms with Crippen LogP contribution in [0.3, 0.4) is 0 Å². The first-order chi connectivity index (χ1) is 15.0. The third-order valence-corrected chi connectivity index (χ3v) is 5.99. The number of Topliss-reactive ketones (excluding diaryl/α,β-unsaturated/α-hetero) is 1. The quantitative estimate of drug-likeness (QED) is 0.466. The van der Waals surface area contributed by atoms with E-state index >= 15 is 0 Å². The van der Waals surface area contributed by atoms with Crippen LogP contribution in [0.25, 0.3) is 22.0 Å². The van der Waals surface area contributed by atoms with Crippen molar-refractivity contribution in [1.29, 1.82) is 0 Å². The molecule has 0 radical (unpaired) electrons. The lowest BCUT2D eigenvalue weighted by Gasteiger charge is -2.28. The van der Waals surface area contributed by atoms with Crippen LogP contribution in [-0.4, -0.2) is 60.3 Å². The van der Waals surface area contributed by atoms with Crippen LogP contribution >= 0.6 is 0 Å². The lowest BCUT2D eigenvalue weighted by molar-refractivity contribution is 0.0991. The molecule has 1 aliphatic heterocycles. The van der Waals surface area contributed by atoms with Crippen LogP contribution in [0.15, 0.2) is 49.3 Å². The number of carbonyl (C=O) groups excluding carboxylic acids is 1. The minimum atomic E-state index is 0.0300. The van der Waals surface area contributed by atoms with Gasteiger partial charge in [-0.3, -0.25) is 24.1 Å². The van der Waals surface area contributed by atoms with Crippen molar-refractivity contribution in [3.8, 4) is 11.1 Å². The number of likely N-dealkylation sites (tertiary alicyclic amines) is 1. The molecule has 0 N–H and O–H groups in total. The van der Waals surface area contributed by atoms with E-state index in [0.29, 0.717) is 11.6 Å². The van der Waals surface area contributed by atoms with Gasteiger partial charge in [0.2, 0.25) is 0 Å². The molecule has 0 aromatic carbocycles. The highest BCUT2D eigenvalue weighted by Crippen LogP contribution is 2.24. The van der Waals surface area contributed by atoms with Crippen LogP contribution in [-0.2, 0) is 13.5 Å². The Morgan fingerprint density at radius 3 is 2.58 bits per heavy atom. The van der Waals surface area contributed by atoms with E-state index in [0.717, 1.165) is 53.7 Å². The molecule has 8 nitrogen and oxygen atoms in total. The van der Waals surface area contributed by atoms with Crippen LogP contribution in [0.4, 0.5) is 0 Å². The third kappa shape index (κ3) is 4.11. The SMILES string of the molecule is CN1CCC(n2cc(C(=O)Cc3cc4cc(-c5cnn(C)c5)cnc4cn3)cn2)CC1. The average molecular weight is 416 g/mol. The smallest absolute Gasteiger partial charge is 0.171 e. The van der Waals surface area contributed by atoms with Crippen LogP contribution in [0, 0.1) is 0 Å². The fourth-order valence-electron chi connectivity index (χ4n) is 4.11. The number of rotatable bonds is 5. The van der Waals surface area contributed by atoms with E-state index in [1.165, 1.54) is 0 Å². The monoisotopic (exact) mass is 415 g/mol. The first-order valence-electron chi connectivity index (χ1n) is 10.5. The molecule has 0 spiro atoms. The second kappa shape index (κ2) is 8.03. The largest absolute Gasteiger partial charge is 0.306 e. The highest BCUT2D eigenvalue weighted by atomic mass is 16.1.